The Morgan fingerprint density at radius 1 is 0.841 bits per heavy atom. The first kappa shape index (κ1) is 29.3. The molecule has 0 saturated carbocycles. The van der Waals surface area contributed by atoms with E-state index in [1.165, 1.54) is 5.56 Å². The van der Waals surface area contributed by atoms with Gasteiger partial charge >= 0.3 is 0 Å². The third kappa shape index (κ3) is 6.89. The van der Waals surface area contributed by atoms with E-state index in [4.69, 9.17) is 9.47 Å². The number of aromatic nitrogens is 2. The number of benzene rings is 3. The number of piperazine rings is 1. The van der Waals surface area contributed by atoms with Gasteiger partial charge in [-0.3, -0.25) is 9.59 Å². The molecule has 1 atom stereocenters. The van der Waals surface area contributed by atoms with E-state index in [1.807, 2.05) is 35.2 Å². The van der Waals surface area contributed by atoms with E-state index in [9.17, 15) is 9.59 Å². The molecule has 226 valence electrons. The van der Waals surface area contributed by atoms with E-state index in [1.54, 1.807) is 36.3 Å². The van der Waals surface area contributed by atoms with Crippen molar-refractivity contribution in [3.63, 3.8) is 0 Å². The summed E-state index contributed by atoms with van der Waals surface area (Å²) in [5, 5.41) is 8.99. The summed E-state index contributed by atoms with van der Waals surface area (Å²) >= 11 is 0. The molecule has 44 heavy (non-hydrogen) atoms. The molecular formula is C35H37N5O4. The smallest absolute Gasteiger partial charge is 0.254 e. The zero-order valence-corrected chi connectivity index (χ0v) is 25.0. The van der Waals surface area contributed by atoms with Gasteiger partial charge in [0.1, 0.15) is 12.3 Å². The zero-order chi connectivity index (χ0) is 30.3. The van der Waals surface area contributed by atoms with Crippen LogP contribution >= 0.6 is 0 Å². The number of carbonyl (C=O) groups excluding carboxylic acids is 2. The molecule has 2 saturated heterocycles. The third-order valence-electron chi connectivity index (χ3n) is 8.29. The van der Waals surface area contributed by atoms with E-state index >= 15 is 0 Å². The van der Waals surface area contributed by atoms with Gasteiger partial charge in [-0.2, -0.15) is 0 Å². The van der Waals surface area contributed by atoms with Crippen molar-refractivity contribution >= 4 is 17.6 Å². The highest BCUT2D eigenvalue weighted by Gasteiger charge is 2.29. The average molecular weight is 592 g/mol. The van der Waals surface area contributed by atoms with Crippen LogP contribution in [0.15, 0.2) is 91.0 Å². The van der Waals surface area contributed by atoms with Gasteiger partial charge in [0, 0.05) is 50.5 Å². The van der Waals surface area contributed by atoms with E-state index in [0.29, 0.717) is 50.6 Å². The number of anilines is 1. The summed E-state index contributed by atoms with van der Waals surface area (Å²) in [6.45, 7) is 3.49. The van der Waals surface area contributed by atoms with Crippen molar-refractivity contribution in [2.24, 2.45) is 0 Å². The van der Waals surface area contributed by atoms with Crippen LogP contribution in [-0.4, -0.2) is 90.9 Å². The Kier molecular flexibility index (Phi) is 9.12. The Balaban J connectivity index is 1.05. The van der Waals surface area contributed by atoms with E-state index in [0.717, 1.165) is 35.5 Å². The monoisotopic (exact) mass is 591 g/mol. The van der Waals surface area contributed by atoms with Gasteiger partial charge in [0.2, 0.25) is 5.91 Å². The summed E-state index contributed by atoms with van der Waals surface area (Å²) in [6.07, 6.45) is 1.80. The molecule has 0 spiro atoms. The second-order valence-electron chi connectivity index (χ2n) is 11.1. The first-order valence-corrected chi connectivity index (χ1v) is 15.1. The lowest BCUT2D eigenvalue weighted by Gasteiger charge is -2.36. The van der Waals surface area contributed by atoms with Crippen LogP contribution < -0.4 is 9.64 Å². The van der Waals surface area contributed by atoms with Crippen molar-refractivity contribution in [1.29, 1.82) is 0 Å². The highest BCUT2D eigenvalue weighted by atomic mass is 16.5. The van der Waals surface area contributed by atoms with Crippen molar-refractivity contribution in [3.05, 3.63) is 96.6 Å². The number of carbonyl (C=O) groups is 2. The SMILES string of the molecule is COc1ccc(C(=O)N(CC(=O)N2CCN(c3ccc(-c4ccc(-c5ccccc5)cc4)nn3)CC2)CC2CCCO2)cc1. The van der Waals surface area contributed by atoms with Crippen LogP contribution in [0.2, 0.25) is 0 Å². The van der Waals surface area contributed by atoms with Gasteiger partial charge < -0.3 is 24.2 Å². The Hall–Kier alpha value is -4.76. The zero-order valence-electron chi connectivity index (χ0n) is 25.0. The maximum Gasteiger partial charge on any atom is 0.254 e. The predicted octanol–water partition coefficient (Wildman–Crippen LogP) is 4.79. The molecule has 4 aromatic rings. The van der Waals surface area contributed by atoms with Crippen LogP contribution in [0, 0.1) is 0 Å². The lowest BCUT2D eigenvalue weighted by atomic mass is 10.0. The summed E-state index contributed by atoms with van der Waals surface area (Å²) in [5.74, 6) is 1.22. The fourth-order valence-electron chi connectivity index (χ4n) is 5.73. The molecule has 9 nitrogen and oxygen atoms in total. The molecule has 2 aliphatic rings. The highest BCUT2D eigenvalue weighted by Crippen LogP contribution is 2.25. The summed E-state index contributed by atoms with van der Waals surface area (Å²) in [4.78, 5) is 32.4. The second-order valence-corrected chi connectivity index (χ2v) is 11.1. The molecule has 1 unspecified atom stereocenters. The van der Waals surface area contributed by atoms with Gasteiger partial charge in [0.05, 0.1) is 18.9 Å². The van der Waals surface area contributed by atoms with Gasteiger partial charge in [-0.15, -0.1) is 10.2 Å². The van der Waals surface area contributed by atoms with Crippen molar-refractivity contribution in [3.8, 4) is 28.1 Å². The average Bonchev–Trinajstić information content (AvgIpc) is 3.61. The minimum atomic E-state index is -0.180. The summed E-state index contributed by atoms with van der Waals surface area (Å²) in [5.41, 5.74) is 4.69. The number of methoxy groups -OCH3 is 1. The number of rotatable bonds is 9. The predicted molar refractivity (Wildman–Crippen MR) is 170 cm³/mol. The van der Waals surface area contributed by atoms with Crippen LogP contribution in [0.1, 0.15) is 23.2 Å². The number of amides is 2. The summed E-state index contributed by atoms with van der Waals surface area (Å²) in [6, 6.07) is 29.6. The lowest BCUT2D eigenvalue weighted by Crippen LogP contribution is -2.52. The van der Waals surface area contributed by atoms with Crippen molar-refractivity contribution in [1.82, 2.24) is 20.0 Å². The van der Waals surface area contributed by atoms with Gasteiger partial charge in [-0.25, -0.2) is 0 Å². The summed E-state index contributed by atoms with van der Waals surface area (Å²) in [7, 11) is 1.59. The molecule has 9 heteroatoms. The molecule has 6 rings (SSSR count). The van der Waals surface area contributed by atoms with Gasteiger partial charge in [-0.1, -0.05) is 54.6 Å². The van der Waals surface area contributed by atoms with Crippen LogP contribution in [-0.2, 0) is 9.53 Å². The Morgan fingerprint density at radius 2 is 1.55 bits per heavy atom. The molecule has 0 aliphatic carbocycles. The fourth-order valence-corrected chi connectivity index (χ4v) is 5.73. The Labute approximate surface area is 258 Å². The number of hydrogen-bond donors (Lipinski definition) is 0. The molecule has 0 bridgehead atoms. The molecule has 2 fully saturated rings. The molecule has 1 aromatic heterocycles. The van der Waals surface area contributed by atoms with E-state index in [2.05, 4.69) is 51.5 Å². The first-order valence-electron chi connectivity index (χ1n) is 15.1. The minimum Gasteiger partial charge on any atom is -0.497 e. The number of hydrogen-bond acceptors (Lipinski definition) is 7. The summed E-state index contributed by atoms with van der Waals surface area (Å²) < 4.78 is 11.0. The largest absolute Gasteiger partial charge is 0.497 e. The lowest BCUT2D eigenvalue weighted by molar-refractivity contribution is -0.132. The van der Waals surface area contributed by atoms with Crippen molar-refractivity contribution < 1.29 is 19.1 Å². The maximum absolute atomic E-state index is 13.4. The number of nitrogens with zero attached hydrogens (tertiary/aromatic N) is 5. The molecule has 2 amide bonds. The van der Waals surface area contributed by atoms with Crippen LogP contribution in [0.4, 0.5) is 5.82 Å². The highest BCUT2D eigenvalue weighted by molar-refractivity contribution is 5.96. The quantitative estimate of drug-likeness (QED) is 0.277. The van der Waals surface area contributed by atoms with Crippen LogP contribution in [0.3, 0.4) is 0 Å². The molecule has 2 aliphatic heterocycles. The first-order chi connectivity index (χ1) is 21.6. The second kappa shape index (κ2) is 13.7. The normalized spacial score (nSPS) is 16.5. The third-order valence-corrected chi connectivity index (χ3v) is 8.29. The molecule has 3 heterocycles. The van der Waals surface area contributed by atoms with Gasteiger partial charge in [0.15, 0.2) is 5.82 Å². The standard InChI is InChI=1S/C35H37N5O4/c1-43-30-15-13-29(14-16-30)35(42)40(24-31-8-5-23-44-31)25-34(41)39-21-19-38(20-22-39)33-18-17-32(36-37-33)28-11-9-27(10-12-28)26-6-3-2-4-7-26/h2-4,6-7,9-18,31H,5,8,19-25H2,1H3. The maximum atomic E-state index is 13.4. The molecule has 0 radical (unpaired) electrons. The van der Waals surface area contributed by atoms with Crippen LogP contribution in [0.5, 0.6) is 5.75 Å². The minimum absolute atomic E-state index is 0.0162. The fraction of sp³-hybridized carbons (Fsp3) is 0.314. The Bertz CT molecular complexity index is 1530. The van der Waals surface area contributed by atoms with E-state index < -0.39 is 0 Å². The number of ether oxygens (including phenoxy) is 2. The topological polar surface area (TPSA) is 88.1 Å². The molecule has 3 aromatic carbocycles. The molecule has 0 N–H and O–H groups in total. The molecular weight excluding hydrogens is 554 g/mol. The van der Waals surface area contributed by atoms with Crippen molar-refractivity contribution in [2.75, 3.05) is 57.9 Å². The van der Waals surface area contributed by atoms with Crippen molar-refractivity contribution in [2.45, 2.75) is 18.9 Å². The van der Waals surface area contributed by atoms with E-state index in [-0.39, 0.29) is 24.5 Å². The van der Waals surface area contributed by atoms with Crippen LogP contribution in [0.25, 0.3) is 22.4 Å². The van der Waals surface area contributed by atoms with Gasteiger partial charge in [-0.05, 0) is 60.4 Å². The Morgan fingerprint density at radius 3 is 2.18 bits per heavy atom. The van der Waals surface area contributed by atoms with Gasteiger partial charge in [0.25, 0.3) is 5.91 Å².